The number of rotatable bonds is 17. The van der Waals surface area contributed by atoms with Gasteiger partial charge in [-0.1, -0.05) is 115 Å². The average Bonchev–Trinajstić information content (AvgIpc) is 2.94. The van der Waals surface area contributed by atoms with Crippen LogP contribution in [0.25, 0.3) is 0 Å². The second-order valence-electron chi connectivity index (χ2n) is 10.2. The molecule has 31 heavy (non-hydrogen) atoms. The van der Waals surface area contributed by atoms with E-state index in [2.05, 4.69) is 56.5 Å². The van der Waals surface area contributed by atoms with Crippen LogP contribution in [0.5, 0.6) is 0 Å². The van der Waals surface area contributed by atoms with Crippen molar-refractivity contribution < 1.29 is 28.6 Å². The highest BCUT2D eigenvalue weighted by Crippen LogP contribution is 2.39. The second kappa shape index (κ2) is 16.3. The Morgan fingerprint density at radius 1 is 0.645 bits per heavy atom. The molecule has 1 aromatic rings. The van der Waals surface area contributed by atoms with Crippen molar-refractivity contribution in [3.05, 3.63) is 29.8 Å². The highest BCUT2D eigenvalue weighted by molar-refractivity contribution is 5.93. The number of nitrogens with zero attached hydrogens (tertiary/aromatic N) is 1. The predicted octanol–water partition coefficient (Wildman–Crippen LogP) is 6.35. The molecule has 0 fully saturated rings. The van der Waals surface area contributed by atoms with Crippen LogP contribution in [0.1, 0.15) is 136 Å². The first-order chi connectivity index (χ1) is 14.6. The SMILES string of the molecule is CCCCCCCCCCCCCCCCCC[N+]1=C(C)C(C)(C)c2ccccc21.[I-]. The molecule has 0 saturated carbocycles. The highest BCUT2D eigenvalue weighted by atomic mass is 127. The Morgan fingerprint density at radius 3 is 1.55 bits per heavy atom. The van der Waals surface area contributed by atoms with Crippen molar-refractivity contribution in [2.45, 2.75) is 136 Å². The molecule has 2 rings (SSSR count). The first-order valence-corrected chi connectivity index (χ1v) is 13.3. The molecule has 0 unspecified atom stereocenters. The van der Waals surface area contributed by atoms with Gasteiger partial charge in [-0.25, -0.2) is 0 Å². The van der Waals surface area contributed by atoms with Gasteiger partial charge in [0.2, 0.25) is 5.69 Å². The summed E-state index contributed by atoms with van der Waals surface area (Å²) < 4.78 is 2.58. The van der Waals surface area contributed by atoms with Gasteiger partial charge in [0.25, 0.3) is 0 Å². The fourth-order valence-electron chi connectivity index (χ4n) is 5.06. The van der Waals surface area contributed by atoms with Crippen molar-refractivity contribution >= 4 is 11.4 Å². The maximum atomic E-state index is 2.58. The van der Waals surface area contributed by atoms with Crippen LogP contribution in [-0.2, 0) is 5.41 Å². The summed E-state index contributed by atoms with van der Waals surface area (Å²) in [6, 6.07) is 8.99. The number of benzene rings is 1. The van der Waals surface area contributed by atoms with E-state index in [0.29, 0.717) is 0 Å². The van der Waals surface area contributed by atoms with Crippen molar-refractivity contribution in [2.24, 2.45) is 0 Å². The first kappa shape index (κ1) is 28.7. The molecule has 0 amide bonds. The summed E-state index contributed by atoms with van der Waals surface area (Å²) in [7, 11) is 0. The van der Waals surface area contributed by atoms with Gasteiger partial charge in [-0.3, -0.25) is 0 Å². The van der Waals surface area contributed by atoms with E-state index in [0.717, 1.165) is 0 Å². The molecule has 0 radical (unpaired) electrons. The summed E-state index contributed by atoms with van der Waals surface area (Å²) in [6.45, 7) is 10.6. The van der Waals surface area contributed by atoms with Gasteiger partial charge in [0, 0.05) is 25.0 Å². The minimum Gasteiger partial charge on any atom is -1.00 e. The Labute approximate surface area is 211 Å². The van der Waals surface area contributed by atoms with Gasteiger partial charge in [-0.05, 0) is 20.3 Å². The van der Waals surface area contributed by atoms with E-state index in [9.17, 15) is 0 Å². The molecule has 1 aliphatic rings. The third-order valence-corrected chi connectivity index (χ3v) is 7.41. The molecule has 1 nitrogen and oxygen atoms in total. The largest absolute Gasteiger partial charge is 1.00 e. The smallest absolute Gasteiger partial charge is 0.209 e. The Kier molecular flexibility index (Phi) is 15.0. The summed E-state index contributed by atoms with van der Waals surface area (Å²) in [4.78, 5) is 0. The third kappa shape index (κ3) is 9.56. The Morgan fingerprint density at radius 2 is 1.06 bits per heavy atom. The maximum Gasteiger partial charge on any atom is 0.209 e. The number of hydrogen-bond acceptors (Lipinski definition) is 0. The molecule has 0 aliphatic carbocycles. The zero-order valence-electron chi connectivity index (χ0n) is 21.2. The Hall–Kier alpha value is -0.380. The van der Waals surface area contributed by atoms with Gasteiger partial charge < -0.3 is 24.0 Å². The van der Waals surface area contributed by atoms with Crippen LogP contribution in [0.4, 0.5) is 5.69 Å². The average molecular weight is 540 g/mol. The Balaban J connectivity index is 0.00000480. The van der Waals surface area contributed by atoms with Crippen LogP contribution in [0.2, 0.25) is 0 Å². The summed E-state index contributed by atoms with van der Waals surface area (Å²) in [5.74, 6) is 0. The molecule has 0 spiro atoms. The molecular formula is C29H50IN. The van der Waals surface area contributed by atoms with Crippen LogP contribution in [0, 0.1) is 0 Å². The molecule has 0 saturated heterocycles. The van der Waals surface area contributed by atoms with E-state index in [1.807, 2.05) is 0 Å². The molecule has 178 valence electrons. The molecule has 1 aliphatic heterocycles. The lowest BCUT2D eigenvalue weighted by Crippen LogP contribution is -3.00. The highest BCUT2D eigenvalue weighted by Gasteiger charge is 2.42. The van der Waals surface area contributed by atoms with Gasteiger partial charge in [0.05, 0.1) is 5.41 Å². The number of para-hydroxylation sites is 1. The number of unbranched alkanes of at least 4 members (excludes halogenated alkanes) is 15. The molecule has 1 aromatic carbocycles. The van der Waals surface area contributed by atoms with Crippen molar-refractivity contribution in [2.75, 3.05) is 6.54 Å². The fourth-order valence-corrected chi connectivity index (χ4v) is 5.06. The van der Waals surface area contributed by atoms with Crippen LogP contribution in [0.3, 0.4) is 0 Å². The van der Waals surface area contributed by atoms with E-state index >= 15 is 0 Å². The third-order valence-electron chi connectivity index (χ3n) is 7.41. The Bertz CT molecular complexity index is 631. The molecule has 0 atom stereocenters. The van der Waals surface area contributed by atoms with Crippen LogP contribution < -0.4 is 24.0 Å². The fraction of sp³-hybridized carbons (Fsp3) is 0.759. The molecule has 0 bridgehead atoms. The normalized spacial score (nSPS) is 14.6. The lowest BCUT2D eigenvalue weighted by Gasteiger charge is -2.14. The second-order valence-corrected chi connectivity index (χ2v) is 10.2. The van der Waals surface area contributed by atoms with Gasteiger partial charge in [0.15, 0.2) is 5.71 Å². The van der Waals surface area contributed by atoms with E-state index < -0.39 is 0 Å². The number of hydrogen-bond donors (Lipinski definition) is 0. The van der Waals surface area contributed by atoms with Gasteiger partial charge in [0.1, 0.15) is 6.54 Å². The van der Waals surface area contributed by atoms with Crippen LogP contribution >= 0.6 is 0 Å². The van der Waals surface area contributed by atoms with E-state index in [-0.39, 0.29) is 29.4 Å². The van der Waals surface area contributed by atoms with Crippen molar-refractivity contribution in [3.8, 4) is 0 Å². The standard InChI is InChI=1S/C29H50N.HI/c1-5-6-7-8-9-10-11-12-13-14-15-16-17-18-19-22-25-30-26(2)29(3,4)27-23-20-21-24-28(27)30;/h20-21,23-24H,5-19,22,25H2,1-4H3;1H/q+1;/p-1. The van der Waals surface area contributed by atoms with Gasteiger partial charge >= 0.3 is 0 Å². The van der Waals surface area contributed by atoms with Gasteiger partial charge in [-0.15, -0.1) is 0 Å². The first-order valence-electron chi connectivity index (χ1n) is 13.3. The van der Waals surface area contributed by atoms with Crippen LogP contribution in [0.15, 0.2) is 24.3 Å². The molecule has 0 N–H and O–H groups in total. The lowest BCUT2D eigenvalue weighted by molar-refractivity contribution is -0.439. The zero-order chi connectivity index (χ0) is 21.7. The number of halogens is 1. The minimum atomic E-state index is 0. The van der Waals surface area contributed by atoms with Crippen molar-refractivity contribution in [1.29, 1.82) is 0 Å². The monoisotopic (exact) mass is 539 g/mol. The van der Waals surface area contributed by atoms with Crippen LogP contribution in [-0.4, -0.2) is 16.8 Å². The van der Waals surface area contributed by atoms with E-state index in [1.165, 1.54) is 126 Å². The van der Waals surface area contributed by atoms with E-state index in [4.69, 9.17) is 0 Å². The molecule has 0 aromatic heterocycles. The topological polar surface area (TPSA) is 3.01 Å². The van der Waals surface area contributed by atoms with Gasteiger partial charge in [-0.2, -0.15) is 4.58 Å². The summed E-state index contributed by atoms with van der Waals surface area (Å²) in [5, 5.41) is 0. The summed E-state index contributed by atoms with van der Waals surface area (Å²) >= 11 is 0. The predicted molar refractivity (Wildman–Crippen MR) is 134 cm³/mol. The quantitative estimate of drug-likeness (QED) is 0.123. The van der Waals surface area contributed by atoms with Crippen molar-refractivity contribution in [1.82, 2.24) is 0 Å². The lowest BCUT2D eigenvalue weighted by atomic mass is 9.82. The zero-order valence-corrected chi connectivity index (χ0v) is 23.3. The summed E-state index contributed by atoms with van der Waals surface area (Å²) in [6.07, 6.45) is 23.0. The van der Waals surface area contributed by atoms with E-state index in [1.54, 1.807) is 0 Å². The molecule has 2 heteroatoms. The summed E-state index contributed by atoms with van der Waals surface area (Å²) in [5.41, 5.74) is 4.65. The maximum absolute atomic E-state index is 2.58. The molecular weight excluding hydrogens is 489 g/mol. The molecule has 1 heterocycles. The van der Waals surface area contributed by atoms with Crippen molar-refractivity contribution in [3.63, 3.8) is 0 Å². The number of fused-ring (bicyclic) bond motifs is 1. The minimum absolute atomic E-state index is 0.